The van der Waals surface area contributed by atoms with Crippen molar-refractivity contribution in [2.45, 2.75) is 39.8 Å². The summed E-state index contributed by atoms with van der Waals surface area (Å²) in [4.78, 5) is 26.5. The Balaban J connectivity index is 2.74. The van der Waals surface area contributed by atoms with Crippen LogP contribution in [0.4, 0.5) is 0 Å². The van der Waals surface area contributed by atoms with E-state index in [1.807, 2.05) is 44.2 Å². The van der Waals surface area contributed by atoms with E-state index in [9.17, 15) is 9.59 Å². The van der Waals surface area contributed by atoms with Gasteiger partial charge in [-0.1, -0.05) is 44.2 Å². The van der Waals surface area contributed by atoms with Gasteiger partial charge in [0.15, 0.2) is 0 Å². The minimum atomic E-state index is -0.507. The maximum Gasteiger partial charge on any atom is 0.242 e. The molecule has 5 nitrogen and oxygen atoms in total. The Labute approximate surface area is 139 Å². The van der Waals surface area contributed by atoms with Crippen molar-refractivity contribution in [1.82, 2.24) is 10.2 Å². The van der Waals surface area contributed by atoms with Gasteiger partial charge in [-0.05, 0) is 18.9 Å². The molecule has 23 heavy (non-hydrogen) atoms. The summed E-state index contributed by atoms with van der Waals surface area (Å²) in [6, 6.07) is 9.22. The molecule has 1 aromatic rings. The summed E-state index contributed by atoms with van der Waals surface area (Å²) in [6.45, 7) is 7.06. The lowest BCUT2D eigenvalue weighted by Gasteiger charge is -2.30. The maximum atomic E-state index is 12.5. The molecule has 128 valence electrons. The number of hydrogen-bond acceptors (Lipinski definition) is 3. The van der Waals surface area contributed by atoms with E-state index in [1.165, 1.54) is 0 Å². The summed E-state index contributed by atoms with van der Waals surface area (Å²) < 4.78 is 4.96. The summed E-state index contributed by atoms with van der Waals surface area (Å²) in [5.41, 5.74) is 1.01. The first-order chi connectivity index (χ1) is 11.0. The predicted molar refractivity (Wildman–Crippen MR) is 90.8 cm³/mol. The standard InChI is InChI=1S/C18H28N2O3/c1-14(2)18(22)20(13-16-9-6-5-7-10-16)15(3)17(21)19-11-8-12-23-4/h5-7,9-10,14-15H,8,11-13H2,1-4H3,(H,19,21)/t15-/m0/s1. The minimum absolute atomic E-state index is 0.0200. The SMILES string of the molecule is COCCCNC(=O)[C@H](C)N(Cc1ccccc1)C(=O)C(C)C. The molecule has 2 amide bonds. The fraction of sp³-hybridized carbons (Fsp3) is 0.556. The Morgan fingerprint density at radius 1 is 1.17 bits per heavy atom. The van der Waals surface area contributed by atoms with Crippen molar-refractivity contribution in [3.05, 3.63) is 35.9 Å². The Bertz CT molecular complexity index is 488. The van der Waals surface area contributed by atoms with E-state index in [-0.39, 0.29) is 17.7 Å². The van der Waals surface area contributed by atoms with Gasteiger partial charge in [-0.15, -0.1) is 0 Å². The highest BCUT2D eigenvalue weighted by molar-refractivity contribution is 5.88. The first-order valence-electron chi connectivity index (χ1n) is 8.08. The van der Waals surface area contributed by atoms with Gasteiger partial charge in [-0.3, -0.25) is 9.59 Å². The van der Waals surface area contributed by atoms with Gasteiger partial charge in [0.25, 0.3) is 0 Å². The Kier molecular flexibility index (Phi) is 8.33. The Morgan fingerprint density at radius 2 is 1.83 bits per heavy atom. The summed E-state index contributed by atoms with van der Waals surface area (Å²) in [7, 11) is 1.63. The van der Waals surface area contributed by atoms with E-state index in [4.69, 9.17) is 4.74 Å². The van der Waals surface area contributed by atoms with Crippen LogP contribution in [0.1, 0.15) is 32.8 Å². The summed E-state index contributed by atoms with van der Waals surface area (Å²) in [6.07, 6.45) is 0.756. The third kappa shape index (κ3) is 6.40. The van der Waals surface area contributed by atoms with Crippen LogP contribution in [0.3, 0.4) is 0 Å². The molecule has 1 N–H and O–H groups in total. The smallest absolute Gasteiger partial charge is 0.242 e. The lowest BCUT2D eigenvalue weighted by Crippen LogP contribution is -2.49. The first kappa shape index (κ1) is 19.2. The van der Waals surface area contributed by atoms with Crippen LogP contribution in [0.25, 0.3) is 0 Å². The largest absolute Gasteiger partial charge is 0.385 e. The van der Waals surface area contributed by atoms with Crippen molar-refractivity contribution in [3.8, 4) is 0 Å². The molecule has 1 atom stereocenters. The van der Waals surface area contributed by atoms with E-state index in [2.05, 4.69) is 5.32 Å². The van der Waals surface area contributed by atoms with Crippen molar-refractivity contribution in [2.24, 2.45) is 5.92 Å². The molecule has 0 bridgehead atoms. The van der Waals surface area contributed by atoms with Crippen molar-refractivity contribution >= 4 is 11.8 Å². The second-order valence-electron chi connectivity index (χ2n) is 5.92. The van der Waals surface area contributed by atoms with Crippen LogP contribution in [0.15, 0.2) is 30.3 Å². The van der Waals surface area contributed by atoms with Gasteiger partial charge < -0.3 is 15.0 Å². The topological polar surface area (TPSA) is 58.6 Å². The molecule has 0 saturated carbocycles. The van der Waals surface area contributed by atoms with E-state index in [1.54, 1.807) is 18.9 Å². The molecule has 0 aliphatic carbocycles. The minimum Gasteiger partial charge on any atom is -0.385 e. The molecule has 0 unspecified atom stereocenters. The number of benzene rings is 1. The van der Waals surface area contributed by atoms with E-state index >= 15 is 0 Å². The highest BCUT2D eigenvalue weighted by Gasteiger charge is 2.27. The Morgan fingerprint density at radius 3 is 2.39 bits per heavy atom. The monoisotopic (exact) mass is 320 g/mol. The third-order valence-corrected chi connectivity index (χ3v) is 3.64. The van der Waals surface area contributed by atoms with Gasteiger partial charge in [-0.2, -0.15) is 0 Å². The quantitative estimate of drug-likeness (QED) is 0.710. The van der Waals surface area contributed by atoms with Crippen LogP contribution in [-0.2, 0) is 20.9 Å². The van der Waals surface area contributed by atoms with Gasteiger partial charge >= 0.3 is 0 Å². The molecule has 0 aliphatic heterocycles. The van der Waals surface area contributed by atoms with Crippen molar-refractivity contribution in [1.29, 1.82) is 0 Å². The molecule has 1 aromatic carbocycles. The number of amides is 2. The third-order valence-electron chi connectivity index (χ3n) is 3.64. The van der Waals surface area contributed by atoms with Crippen LogP contribution in [0.2, 0.25) is 0 Å². The average Bonchev–Trinajstić information content (AvgIpc) is 2.56. The highest BCUT2D eigenvalue weighted by Crippen LogP contribution is 2.13. The van der Waals surface area contributed by atoms with Crippen molar-refractivity contribution in [3.63, 3.8) is 0 Å². The lowest BCUT2D eigenvalue weighted by atomic mass is 10.1. The van der Waals surface area contributed by atoms with E-state index in [0.29, 0.717) is 19.7 Å². The number of ether oxygens (including phenoxy) is 1. The first-order valence-corrected chi connectivity index (χ1v) is 8.08. The van der Waals surface area contributed by atoms with Crippen LogP contribution < -0.4 is 5.32 Å². The normalized spacial score (nSPS) is 12.0. The molecular weight excluding hydrogens is 292 g/mol. The van der Waals surface area contributed by atoms with Gasteiger partial charge in [0.05, 0.1) is 0 Å². The molecule has 0 aliphatic rings. The number of methoxy groups -OCH3 is 1. The molecule has 5 heteroatoms. The average molecular weight is 320 g/mol. The maximum absolute atomic E-state index is 12.5. The second kappa shape index (κ2) is 10.0. The van der Waals surface area contributed by atoms with Gasteiger partial charge in [-0.25, -0.2) is 0 Å². The van der Waals surface area contributed by atoms with E-state index in [0.717, 1.165) is 12.0 Å². The zero-order valence-electron chi connectivity index (χ0n) is 14.5. The summed E-state index contributed by atoms with van der Waals surface area (Å²) in [5.74, 6) is -0.304. The number of rotatable bonds is 9. The number of carbonyl (C=O) groups is 2. The van der Waals surface area contributed by atoms with E-state index < -0.39 is 6.04 Å². The number of nitrogens with zero attached hydrogens (tertiary/aromatic N) is 1. The van der Waals surface area contributed by atoms with Gasteiger partial charge in [0.1, 0.15) is 6.04 Å². The van der Waals surface area contributed by atoms with Crippen molar-refractivity contribution < 1.29 is 14.3 Å². The van der Waals surface area contributed by atoms with Crippen LogP contribution in [0, 0.1) is 5.92 Å². The molecule has 0 aromatic heterocycles. The van der Waals surface area contributed by atoms with Crippen LogP contribution in [-0.4, -0.2) is 43.0 Å². The lowest BCUT2D eigenvalue weighted by molar-refractivity contribution is -0.143. The zero-order valence-corrected chi connectivity index (χ0v) is 14.5. The highest BCUT2D eigenvalue weighted by atomic mass is 16.5. The molecule has 0 heterocycles. The second-order valence-corrected chi connectivity index (χ2v) is 5.92. The molecular formula is C18H28N2O3. The summed E-state index contributed by atoms with van der Waals surface area (Å²) >= 11 is 0. The predicted octanol–water partition coefficient (Wildman–Crippen LogP) is 2.21. The number of nitrogens with one attached hydrogen (secondary N) is 1. The van der Waals surface area contributed by atoms with Crippen molar-refractivity contribution in [2.75, 3.05) is 20.3 Å². The molecule has 0 fully saturated rings. The Hall–Kier alpha value is -1.88. The van der Waals surface area contributed by atoms with Gasteiger partial charge in [0, 0.05) is 32.7 Å². The number of hydrogen-bond donors (Lipinski definition) is 1. The number of carbonyl (C=O) groups excluding carboxylic acids is 2. The van der Waals surface area contributed by atoms with Crippen LogP contribution >= 0.6 is 0 Å². The molecule has 0 saturated heterocycles. The fourth-order valence-corrected chi connectivity index (χ4v) is 2.23. The fourth-order valence-electron chi connectivity index (χ4n) is 2.23. The zero-order chi connectivity index (χ0) is 17.2. The van der Waals surface area contributed by atoms with Gasteiger partial charge in [0.2, 0.25) is 11.8 Å². The molecule has 0 spiro atoms. The molecule has 1 rings (SSSR count). The van der Waals surface area contributed by atoms with Crippen LogP contribution in [0.5, 0.6) is 0 Å². The summed E-state index contributed by atoms with van der Waals surface area (Å²) in [5, 5.41) is 2.86. The molecule has 0 radical (unpaired) electrons.